The van der Waals surface area contributed by atoms with Gasteiger partial charge in [0.2, 0.25) is 11.8 Å². The fourth-order valence-corrected chi connectivity index (χ4v) is 2.40. The van der Waals surface area contributed by atoms with E-state index in [0.29, 0.717) is 31.0 Å². The second kappa shape index (κ2) is 8.86. The average Bonchev–Trinajstić information content (AvgIpc) is 2.98. The number of rotatable bonds is 8. The number of benzene rings is 1. The standard InChI is InChI=1S/C18H23N3O3/c1-3-11-21(13-17(22)19-16-12-14(2)24-20-16)18(23)10-9-15-7-5-4-6-8-15/h4-8,12H,3,9-11,13H2,1-2H3,(H,19,20,22). The van der Waals surface area contributed by atoms with E-state index in [1.807, 2.05) is 37.3 Å². The quantitative estimate of drug-likeness (QED) is 0.808. The number of carbonyl (C=O) groups excluding carboxylic acids is 2. The molecule has 1 aromatic heterocycles. The minimum absolute atomic E-state index is 0.0211. The third-order valence-corrected chi connectivity index (χ3v) is 3.55. The van der Waals surface area contributed by atoms with E-state index >= 15 is 0 Å². The summed E-state index contributed by atoms with van der Waals surface area (Å²) in [5, 5.41) is 6.36. The molecule has 128 valence electrons. The molecule has 1 N–H and O–H groups in total. The molecule has 0 aliphatic carbocycles. The van der Waals surface area contributed by atoms with Gasteiger partial charge in [-0.2, -0.15) is 0 Å². The number of carbonyl (C=O) groups is 2. The summed E-state index contributed by atoms with van der Waals surface area (Å²) in [6, 6.07) is 11.5. The summed E-state index contributed by atoms with van der Waals surface area (Å²) in [6.45, 7) is 4.31. The first-order valence-corrected chi connectivity index (χ1v) is 8.13. The monoisotopic (exact) mass is 329 g/mol. The summed E-state index contributed by atoms with van der Waals surface area (Å²) in [7, 11) is 0. The zero-order valence-corrected chi connectivity index (χ0v) is 14.1. The Morgan fingerprint density at radius 1 is 1.25 bits per heavy atom. The lowest BCUT2D eigenvalue weighted by Gasteiger charge is -2.21. The highest BCUT2D eigenvalue weighted by Crippen LogP contribution is 2.08. The van der Waals surface area contributed by atoms with Gasteiger partial charge in [-0.15, -0.1) is 0 Å². The lowest BCUT2D eigenvalue weighted by atomic mass is 10.1. The highest BCUT2D eigenvalue weighted by Gasteiger charge is 2.17. The van der Waals surface area contributed by atoms with Crippen LogP contribution in [0, 0.1) is 6.92 Å². The van der Waals surface area contributed by atoms with Crippen molar-refractivity contribution in [3.63, 3.8) is 0 Å². The summed E-state index contributed by atoms with van der Waals surface area (Å²) in [5.74, 6) is 0.692. The third-order valence-electron chi connectivity index (χ3n) is 3.55. The number of aryl methyl sites for hydroxylation is 2. The second-order valence-corrected chi connectivity index (χ2v) is 5.67. The predicted molar refractivity (Wildman–Crippen MR) is 91.5 cm³/mol. The number of aromatic nitrogens is 1. The molecule has 0 radical (unpaired) electrons. The Labute approximate surface area is 141 Å². The van der Waals surface area contributed by atoms with E-state index in [4.69, 9.17) is 4.52 Å². The Morgan fingerprint density at radius 2 is 2.00 bits per heavy atom. The Bertz CT molecular complexity index is 667. The van der Waals surface area contributed by atoms with Crippen molar-refractivity contribution < 1.29 is 14.1 Å². The Kier molecular flexibility index (Phi) is 6.54. The zero-order valence-electron chi connectivity index (χ0n) is 14.1. The molecule has 0 saturated carbocycles. The highest BCUT2D eigenvalue weighted by molar-refractivity contribution is 5.93. The van der Waals surface area contributed by atoms with Crippen molar-refractivity contribution in [1.29, 1.82) is 0 Å². The Balaban J connectivity index is 1.87. The third kappa shape index (κ3) is 5.53. The van der Waals surface area contributed by atoms with Gasteiger partial charge in [0.05, 0.1) is 6.54 Å². The molecule has 1 aromatic carbocycles. The molecule has 0 bridgehead atoms. The number of hydrogen-bond donors (Lipinski definition) is 1. The normalized spacial score (nSPS) is 10.4. The number of nitrogens with zero attached hydrogens (tertiary/aromatic N) is 2. The summed E-state index contributed by atoms with van der Waals surface area (Å²) >= 11 is 0. The fraction of sp³-hybridized carbons (Fsp3) is 0.389. The molecule has 0 saturated heterocycles. The van der Waals surface area contributed by atoms with Crippen LogP contribution in [0.2, 0.25) is 0 Å². The van der Waals surface area contributed by atoms with Crippen LogP contribution in [0.15, 0.2) is 40.9 Å². The fourth-order valence-electron chi connectivity index (χ4n) is 2.40. The maximum Gasteiger partial charge on any atom is 0.245 e. The lowest BCUT2D eigenvalue weighted by molar-refractivity contribution is -0.134. The van der Waals surface area contributed by atoms with Crippen molar-refractivity contribution >= 4 is 17.6 Å². The first-order valence-electron chi connectivity index (χ1n) is 8.13. The van der Waals surface area contributed by atoms with Crippen LogP contribution in [0.4, 0.5) is 5.82 Å². The first-order chi connectivity index (χ1) is 11.6. The van der Waals surface area contributed by atoms with Crippen LogP contribution >= 0.6 is 0 Å². The lowest BCUT2D eigenvalue weighted by Crippen LogP contribution is -2.38. The largest absolute Gasteiger partial charge is 0.360 e. The molecule has 0 unspecified atom stereocenters. The highest BCUT2D eigenvalue weighted by atomic mass is 16.5. The van der Waals surface area contributed by atoms with Crippen LogP contribution in [-0.4, -0.2) is 35.0 Å². The molecule has 0 atom stereocenters. The summed E-state index contributed by atoms with van der Waals surface area (Å²) in [5.41, 5.74) is 1.12. The number of nitrogens with one attached hydrogen (secondary N) is 1. The van der Waals surface area contributed by atoms with Crippen molar-refractivity contribution in [3.8, 4) is 0 Å². The average molecular weight is 329 g/mol. The molecule has 2 amide bonds. The van der Waals surface area contributed by atoms with Gasteiger partial charge in [-0.3, -0.25) is 9.59 Å². The van der Waals surface area contributed by atoms with Crippen LogP contribution in [0.3, 0.4) is 0 Å². The van der Waals surface area contributed by atoms with Crippen molar-refractivity contribution in [3.05, 3.63) is 47.7 Å². The minimum atomic E-state index is -0.273. The first kappa shape index (κ1) is 17.7. The second-order valence-electron chi connectivity index (χ2n) is 5.67. The van der Waals surface area contributed by atoms with Gasteiger partial charge in [-0.25, -0.2) is 0 Å². The van der Waals surface area contributed by atoms with E-state index in [9.17, 15) is 9.59 Å². The van der Waals surface area contributed by atoms with E-state index in [2.05, 4.69) is 10.5 Å². The number of hydrogen-bond acceptors (Lipinski definition) is 4. The van der Waals surface area contributed by atoms with Gasteiger partial charge in [0.25, 0.3) is 0 Å². The van der Waals surface area contributed by atoms with Gasteiger partial charge in [-0.1, -0.05) is 42.4 Å². The molecule has 1 heterocycles. The van der Waals surface area contributed by atoms with Gasteiger partial charge in [0, 0.05) is 19.0 Å². The SMILES string of the molecule is CCCN(CC(=O)Nc1cc(C)on1)C(=O)CCc1ccccc1. The molecular formula is C18H23N3O3. The summed E-state index contributed by atoms with van der Waals surface area (Å²) < 4.78 is 4.91. The molecule has 6 heteroatoms. The van der Waals surface area contributed by atoms with Gasteiger partial charge in [0.1, 0.15) is 5.76 Å². The maximum absolute atomic E-state index is 12.4. The minimum Gasteiger partial charge on any atom is -0.360 e. The van der Waals surface area contributed by atoms with Crippen LogP contribution in [0.5, 0.6) is 0 Å². The van der Waals surface area contributed by atoms with E-state index in [-0.39, 0.29) is 18.4 Å². The number of anilines is 1. The van der Waals surface area contributed by atoms with Gasteiger partial charge < -0.3 is 14.7 Å². The smallest absolute Gasteiger partial charge is 0.245 e. The molecule has 0 spiro atoms. The van der Waals surface area contributed by atoms with Gasteiger partial charge >= 0.3 is 0 Å². The molecule has 2 aromatic rings. The zero-order chi connectivity index (χ0) is 17.4. The molecule has 6 nitrogen and oxygen atoms in total. The van der Waals surface area contributed by atoms with E-state index in [1.54, 1.807) is 17.9 Å². The summed E-state index contributed by atoms with van der Waals surface area (Å²) in [6.07, 6.45) is 1.86. The number of amides is 2. The van der Waals surface area contributed by atoms with Crippen LogP contribution in [0.25, 0.3) is 0 Å². The van der Waals surface area contributed by atoms with Crippen molar-refractivity contribution in [2.45, 2.75) is 33.1 Å². The Hall–Kier alpha value is -2.63. The predicted octanol–water partition coefficient (Wildman–Crippen LogP) is 2.79. The maximum atomic E-state index is 12.4. The van der Waals surface area contributed by atoms with Crippen LogP contribution < -0.4 is 5.32 Å². The topological polar surface area (TPSA) is 75.4 Å². The van der Waals surface area contributed by atoms with E-state index in [0.717, 1.165) is 12.0 Å². The molecule has 24 heavy (non-hydrogen) atoms. The van der Waals surface area contributed by atoms with Crippen LogP contribution in [-0.2, 0) is 16.0 Å². The molecular weight excluding hydrogens is 306 g/mol. The van der Waals surface area contributed by atoms with E-state index < -0.39 is 0 Å². The van der Waals surface area contributed by atoms with Gasteiger partial charge in [0.15, 0.2) is 5.82 Å². The van der Waals surface area contributed by atoms with E-state index in [1.165, 1.54) is 0 Å². The molecule has 0 aliphatic heterocycles. The molecule has 2 rings (SSSR count). The van der Waals surface area contributed by atoms with Crippen molar-refractivity contribution in [2.75, 3.05) is 18.4 Å². The van der Waals surface area contributed by atoms with Crippen molar-refractivity contribution in [1.82, 2.24) is 10.1 Å². The van der Waals surface area contributed by atoms with Crippen LogP contribution in [0.1, 0.15) is 31.1 Å². The Morgan fingerprint density at radius 3 is 2.62 bits per heavy atom. The van der Waals surface area contributed by atoms with Crippen molar-refractivity contribution in [2.24, 2.45) is 0 Å². The molecule has 0 fully saturated rings. The molecule has 0 aliphatic rings. The van der Waals surface area contributed by atoms with Gasteiger partial charge in [-0.05, 0) is 25.3 Å². The summed E-state index contributed by atoms with van der Waals surface area (Å²) in [4.78, 5) is 26.1.